The highest BCUT2D eigenvalue weighted by Gasteiger charge is 2.21. The first kappa shape index (κ1) is 8.25. The Bertz CT molecular complexity index is 193. The molecule has 0 aliphatic carbocycles. The molecule has 1 atom stereocenters. The summed E-state index contributed by atoms with van der Waals surface area (Å²) in [5, 5.41) is 0. The topological polar surface area (TPSA) is 12.4 Å². The predicted octanol–water partition coefficient (Wildman–Crippen LogP) is 2.80. The fraction of sp³-hybridized carbons (Fsp3) is 0.500. The maximum absolute atomic E-state index is 4.06. The Morgan fingerprint density at radius 3 is 2.64 bits per heavy atom. The summed E-state index contributed by atoms with van der Waals surface area (Å²) in [7, 11) is 0. The highest BCUT2D eigenvalue weighted by atomic mass is 14.7. The molecule has 1 unspecified atom stereocenters. The number of hydrogen-bond acceptors (Lipinski definition) is 1. The minimum Gasteiger partial charge on any atom is -0.265 e. The zero-order valence-electron chi connectivity index (χ0n) is 7.41. The second-order valence-electron chi connectivity index (χ2n) is 3.49. The van der Waals surface area contributed by atoms with Crippen molar-refractivity contribution in [1.82, 2.24) is 0 Å². The largest absolute Gasteiger partial charge is 0.265 e. The van der Waals surface area contributed by atoms with E-state index in [1.807, 2.05) is 18.5 Å². The van der Waals surface area contributed by atoms with Crippen LogP contribution < -0.4 is 0 Å². The molecule has 0 spiro atoms. The third-order valence-corrected chi connectivity index (χ3v) is 2.39. The van der Waals surface area contributed by atoms with Gasteiger partial charge in [-0.15, -0.1) is 0 Å². The van der Waals surface area contributed by atoms with Crippen molar-refractivity contribution in [3.63, 3.8) is 0 Å². The summed E-state index contributed by atoms with van der Waals surface area (Å²) in [6.45, 7) is 6.67. The molecule has 1 aliphatic heterocycles. The molecule has 0 N–H and O–H groups in total. The lowest BCUT2D eigenvalue weighted by molar-refractivity contribution is 0.383. The summed E-state index contributed by atoms with van der Waals surface area (Å²) in [6.07, 6.45) is 10.1. The van der Waals surface area contributed by atoms with Crippen LogP contribution in [0.2, 0.25) is 0 Å². The van der Waals surface area contributed by atoms with Gasteiger partial charge in [0.05, 0.1) is 0 Å². The van der Waals surface area contributed by atoms with E-state index in [2.05, 4.69) is 37.9 Å². The summed E-state index contributed by atoms with van der Waals surface area (Å²) in [4.78, 5) is 4.06. The van der Waals surface area contributed by atoms with Crippen molar-refractivity contribution in [3.8, 4) is 0 Å². The average molecular weight is 149 g/mol. The SMILES string of the molecule is CC(C)C1(C)C=CC=NC=C1. The molecule has 0 aromatic heterocycles. The monoisotopic (exact) mass is 149 g/mol. The molecule has 1 aliphatic rings. The summed E-state index contributed by atoms with van der Waals surface area (Å²) in [6, 6.07) is 0. The lowest BCUT2D eigenvalue weighted by Gasteiger charge is -2.25. The van der Waals surface area contributed by atoms with Crippen molar-refractivity contribution >= 4 is 6.21 Å². The van der Waals surface area contributed by atoms with E-state index in [4.69, 9.17) is 0 Å². The van der Waals surface area contributed by atoms with Crippen LogP contribution in [0.4, 0.5) is 0 Å². The predicted molar refractivity (Wildman–Crippen MR) is 49.7 cm³/mol. The van der Waals surface area contributed by atoms with Crippen molar-refractivity contribution in [2.75, 3.05) is 0 Å². The summed E-state index contributed by atoms with van der Waals surface area (Å²) < 4.78 is 0. The van der Waals surface area contributed by atoms with E-state index >= 15 is 0 Å². The van der Waals surface area contributed by atoms with Crippen LogP contribution in [0.25, 0.3) is 0 Å². The van der Waals surface area contributed by atoms with E-state index in [-0.39, 0.29) is 5.41 Å². The summed E-state index contributed by atoms with van der Waals surface area (Å²) in [5.41, 5.74) is 0.177. The fourth-order valence-corrected chi connectivity index (χ4v) is 0.994. The maximum atomic E-state index is 4.06. The molecule has 0 aromatic carbocycles. The minimum absolute atomic E-state index is 0.177. The van der Waals surface area contributed by atoms with Gasteiger partial charge >= 0.3 is 0 Å². The molecule has 1 nitrogen and oxygen atoms in total. The minimum atomic E-state index is 0.177. The van der Waals surface area contributed by atoms with E-state index in [0.717, 1.165) is 0 Å². The summed E-state index contributed by atoms with van der Waals surface area (Å²) in [5.74, 6) is 0.622. The van der Waals surface area contributed by atoms with E-state index in [1.165, 1.54) is 0 Å². The van der Waals surface area contributed by atoms with Crippen molar-refractivity contribution in [1.29, 1.82) is 0 Å². The first-order valence-electron chi connectivity index (χ1n) is 4.04. The third kappa shape index (κ3) is 1.79. The first-order chi connectivity index (χ1) is 5.15. The Morgan fingerprint density at radius 2 is 2.00 bits per heavy atom. The van der Waals surface area contributed by atoms with Gasteiger partial charge in [-0.2, -0.15) is 0 Å². The van der Waals surface area contributed by atoms with Gasteiger partial charge in [-0.05, 0) is 12.0 Å². The smallest absolute Gasteiger partial charge is 0.0264 e. The molecular formula is C10H15N. The highest BCUT2D eigenvalue weighted by molar-refractivity contribution is 5.72. The van der Waals surface area contributed by atoms with Crippen LogP contribution in [0.3, 0.4) is 0 Å². The first-order valence-corrected chi connectivity index (χ1v) is 4.04. The van der Waals surface area contributed by atoms with Crippen LogP contribution >= 0.6 is 0 Å². The molecule has 0 radical (unpaired) electrons. The maximum Gasteiger partial charge on any atom is 0.0264 e. The molecule has 0 aromatic rings. The van der Waals surface area contributed by atoms with Crippen LogP contribution in [0.5, 0.6) is 0 Å². The molecule has 60 valence electrons. The molecule has 0 saturated heterocycles. The third-order valence-electron chi connectivity index (χ3n) is 2.39. The second-order valence-corrected chi connectivity index (χ2v) is 3.49. The standard InChI is InChI=1S/C10H15N/c1-9(2)10(3)5-4-7-11-8-6-10/h4-9H,1-3H3. The Morgan fingerprint density at radius 1 is 1.27 bits per heavy atom. The molecule has 0 saturated carbocycles. The Kier molecular flexibility index (Phi) is 2.28. The van der Waals surface area contributed by atoms with Gasteiger partial charge in [0.25, 0.3) is 0 Å². The molecular weight excluding hydrogens is 134 g/mol. The number of aliphatic imine (C=N–C) groups is 1. The van der Waals surface area contributed by atoms with E-state index < -0.39 is 0 Å². The van der Waals surface area contributed by atoms with E-state index in [1.54, 1.807) is 0 Å². The van der Waals surface area contributed by atoms with Gasteiger partial charge in [-0.25, -0.2) is 0 Å². The van der Waals surface area contributed by atoms with Crippen LogP contribution in [-0.4, -0.2) is 6.21 Å². The number of rotatable bonds is 1. The average Bonchev–Trinajstić information content (AvgIpc) is 2.15. The van der Waals surface area contributed by atoms with Crippen molar-refractivity contribution in [2.24, 2.45) is 16.3 Å². The van der Waals surface area contributed by atoms with Crippen molar-refractivity contribution in [3.05, 3.63) is 24.4 Å². The Hall–Kier alpha value is -0.850. The van der Waals surface area contributed by atoms with Gasteiger partial charge in [-0.3, -0.25) is 4.99 Å². The van der Waals surface area contributed by atoms with Gasteiger partial charge in [0.1, 0.15) is 0 Å². The Balaban J connectivity index is 2.87. The van der Waals surface area contributed by atoms with Gasteiger partial charge in [0.2, 0.25) is 0 Å². The summed E-state index contributed by atoms with van der Waals surface area (Å²) >= 11 is 0. The van der Waals surface area contributed by atoms with Crippen LogP contribution in [0, 0.1) is 11.3 Å². The fourth-order valence-electron chi connectivity index (χ4n) is 0.994. The molecule has 0 fully saturated rings. The zero-order valence-corrected chi connectivity index (χ0v) is 7.41. The van der Waals surface area contributed by atoms with Gasteiger partial charge in [-0.1, -0.05) is 32.9 Å². The lowest BCUT2D eigenvalue weighted by Crippen LogP contribution is -2.17. The number of nitrogens with zero attached hydrogens (tertiary/aromatic N) is 1. The highest BCUT2D eigenvalue weighted by Crippen LogP contribution is 2.30. The molecule has 1 rings (SSSR count). The van der Waals surface area contributed by atoms with Gasteiger partial charge < -0.3 is 0 Å². The molecule has 1 heteroatoms. The molecule has 1 heterocycles. The lowest BCUT2D eigenvalue weighted by atomic mass is 9.79. The van der Waals surface area contributed by atoms with Crippen LogP contribution in [0.1, 0.15) is 20.8 Å². The van der Waals surface area contributed by atoms with Crippen molar-refractivity contribution in [2.45, 2.75) is 20.8 Å². The van der Waals surface area contributed by atoms with E-state index in [9.17, 15) is 0 Å². The molecule has 11 heavy (non-hydrogen) atoms. The van der Waals surface area contributed by atoms with E-state index in [0.29, 0.717) is 5.92 Å². The molecule has 0 amide bonds. The zero-order chi connectivity index (χ0) is 8.32. The van der Waals surface area contributed by atoms with Crippen LogP contribution in [0.15, 0.2) is 29.4 Å². The Labute approximate surface area is 68.5 Å². The van der Waals surface area contributed by atoms with Gasteiger partial charge in [0.15, 0.2) is 0 Å². The normalized spacial score (nSPS) is 29.5. The number of hydrogen-bond donors (Lipinski definition) is 0. The second kappa shape index (κ2) is 3.04. The van der Waals surface area contributed by atoms with Crippen molar-refractivity contribution < 1.29 is 0 Å². The molecule has 0 bridgehead atoms. The van der Waals surface area contributed by atoms with Crippen LogP contribution in [-0.2, 0) is 0 Å². The quantitative estimate of drug-likeness (QED) is 0.543. The van der Waals surface area contributed by atoms with Gasteiger partial charge in [0, 0.05) is 17.8 Å². The number of allylic oxidation sites excluding steroid dienone is 3.